The van der Waals surface area contributed by atoms with Gasteiger partial charge in [-0.2, -0.15) is 0 Å². The molecule has 3 heterocycles. The van der Waals surface area contributed by atoms with E-state index < -0.39 is 0 Å². The Bertz CT molecular complexity index is 648. The van der Waals surface area contributed by atoms with Gasteiger partial charge in [-0.05, 0) is 68.7 Å². The van der Waals surface area contributed by atoms with Crippen LogP contribution in [0.3, 0.4) is 0 Å². The second-order valence-electron chi connectivity index (χ2n) is 12.0. The molecule has 9 atom stereocenters. The van der Waals surface area contributed by atoms with Crippen molar-refractivity contribution in [2.75, 3.05) is 19.6 Å². The van der Waals surface area contributed by atoms with E-state index in [9.17, 15) is 4.79 Å². The van der Waals surface area contributed by atoms with Crippen molar-refractivity contribution in [3.05, 3.63) is 0 Å². The molecule has 3 saturated heterocycles. The van der Waals surface area contributed by atoms with Gasteiger partial charge in [-0.3, -0.25) is 4.79 Å². The van der Waals surface area contributed by atoms with Gasteiger partial charge in [-0.15, -0.1) is 0 Å². The van der Waals surface area contributed by atoms with Crippen molar-refractivity contribution in [1.82, 2.24) is 4.90 Å². The molecule has 0 bridgehead atoms. The molecule has 5 aliphatic rings. The minimum atomic E-state index is 0.0598. The van der Waals surface area contributed by atoms with Gasteiger partial charge in [0.1, 0.15) is 6.10 Å². The van der Waals surface area contributed by atoms with E-state index in [1.165, 1.54) is 25.7 Å². The van der Waals surface area contributed by atoms with Crippen LogP contribution in [0.15, 0.2) is 0 Å². The standard InChI is InChI=1S/C24H39NO3/c1-14-7-9-25(13-23(3,4)11-14)12-18-17-10-15(2)16-6-8-24(5)21(28-24)19(16)20(17)27-22(18)26/h14-21H,6-13H2,1-5H3/t14?,15-,16+,17+,18?,19?,20+,21+,24-/m1/s1. The number of carbonyl (C=O) groups excluding carboxylic acids is 1. The van der Waals surface area contributed by atoms with Gasteiger partial charge in [0.05, 0.1) is 17.6 Å². The molecule has 0 radical (unpaired) electrons. The molecular weight excluding hydrogens is 350 g/mol. The number of fused-ring (bicyclic) bond motifs is 5. The number of hydrogen-bond acceptors (Lipinski definition) is 4. The first-order valence-corrected chi connectivity index (χ1v) is 11.8. The number of hydrogen-bond donors (Lipinski definition) is 0. The van der Waals surface area contributed by atoms with E-state index in [0.717, 1.165) is 32.0 Å². The molecule has 2 aliphatic carbocycles. The van der Waals surface area contributed by atoms with Crippen molar-refractivity contribution < 1.29 is 14.3 Å². The van der Waals surface area contributed by atoms with Crippen molar-refractivity contribution in [1.29, 1.82) is 0 Å². The van der Waals surface area contributed by atoms with Crippen molar-refractivity contribution in [3.8, 4) is 0 Å². The molecular formula is C24H39NO3. The Hall–Kier alpha value is -0.610. The lowest BCUT2D eigenvalue weighted by Gasteiger charge is -2.45. The van der Waals surface area contributed by atoms with Gasteiger partial charge in [-0.1, -0.05) is 27.7 Å². The molecule has 4 heteroatoms. The summed E-state index contributed by atoms with van der Waals surface area (Å²) in [6.45, 7) is 14.9. The monoisotopic (exact) mass is 389 g/mol. The summed E-state index contributed by atoms with van der Waals surface area (Å²) in [5, 5.41) is 0. The Morgan fingerprint density at radius 2 is 1.93 bits per heavy atom. The number of esters is 1. The minimum absolute atomic E-state index is 0.0598. The first-order chi connectivity index (χ1) is 13.2. The number of ether oxygens (including phenoxy) is 2. The predicted molar refractivity (Wildman–Crippen MR) is 109 cm³/mol. The van der Waals surface area contributed by atoms with Gasteiger partial charge >= 0.3 is 5.97 Å². The number of epoxide rings is 1. The summed E-state index contributed by atoms with van der Waals surface area (Å²) < 4.78 is 12.3. The molecule has 3 aliphatic heterocycles. The van der Waals surface area contributed by atoms with Gasteiger partial charge in [0.15, 0.2) is 0 Å². The summed E-state index contributed by atoms with van der Waals surface area (Å²) in [7, 11) is 0. The quantitative estimate of drug-likeness (QED) is 0.526. The topological polar surface area (TPSA) is 42.1 Å². The zero-order chi connectivity index (χ0) is 19.8. The number of carbonyl (C=O) groups is 1. The van der Waals surface area contributed by atoms with E-state index in [4.69, 9.17) is 9.47 Å². The number of nitrogens with zero attached hydrogens (tertiary/aromatic N) is 1. The molecule has 28 heavy (non-hydrogen) atoms. The fourth-order valence-corrected chi connectivity index (χ4v) is 7.71. The average molecular weight is 390 g/mol. The van der Waals surface area contributed by atoms with E-state index in [0.29, 0.717) is 35.2 Å². The molecule has 0 N–H and O–H groups in total. The van der Waals surface area contributed by atoms with Crippen molar-refractivity contribution in [2.24, 2.45) is 40.9 Å². The third kappa shape index (κ3) is 3.14. The SMILES string of the molecule is CC1CCN(CC2C(=O)O[C@@H]3C4[C@@H](CC[C@@]5(C)O[C@@H]45)[C@H](C)C[C@@H]23)CC(C)(C)C1. The summed E-state index contributed by atoms with van der Waals surface area (Å²) in [5.41, 5.74) is 0.397. The molecule has 5 rings (SSSR count). The lowest BCUT2D eigenvalue weighted by molar-refractivity contribution is -0.149. The van der Waals surface area contributed by atoms with Crippen LogP contribution in [0, 0.1) is 40.9 Å². The molecule has 0 spiro atoms. The van der Waals surface area contributed by atoms with Crippen LogP contribution >= 0.6 is 0 Å². The van der Waals surface area contributed by atoms with E-state index in [2.05, 4.69) is 39.5 Å². The third-order valence-corrected chi connectivity index (χ3v) is 8.95. The average Bonchev–Trinajstić information content (AvgIpc) is 3.23. The Morgan fingerprint density at radius 1 is 1.14 bits per heavy atom. The maximum Gasteiger partial charge on any atom is 0.310 e. The fraction of sp³-hybridized carbons (Fsp3) is 0.958. The number of rotatable bonds is 2. The Labute approximate surface area is 170 Å². The number of likely N-dealkylation sites (tertiary alicyclic amines) is 1. The first kappa shape index (κ1) is 19.4. The summed E-state index contributed by atoms with van der Waals surface area (Å²) in [4.78, 5) is 15.6. The Morgan fingerprint density at radius 3 is 2.71 bits per heavy atom. The lowest BCUT2D eigenvalue weighted by Crippen LogP contribution is -2.49. The van der Waals surface area contributed by atoms with Crippen LogP contribution in [0.25, 0.3) is 0 Å². The van der Waals surface area contributed by atoms with Crippen molar-refractivity contribution >= 4 is 5.97 Å². The molecule has 3 unspecified atom stereocenters. The van der Waals surface area contributed by atoms with Gasteiger partial charge in [0, 0.05) is 24.9 Å². The van der Waals surface area contributed by atoms with Crippen LogP contribution in [0.1, 0.15) is 66.7 Å². The van der Waals surface area contributed by atoms with Crippen LogP contribution in [0.5, 0.6) is 0 Å². The Balaban J connectivity index is 1.34. The van der Waals surface area contributed by atoms with Crippen LogP contribution in [-0.4, -0.2) is 48.3 Å². The van der Waals surface area contributed by atoms with Gasteiger partial charge in [0.25, 0.3) is 0 Å². The summed E-state index contributed by atoms with van der Waals surface area (Å²) in [6, 6.07) is 0. The van der Waals surface area contributed by atoms with Crippen LogP contribution < -0.4 is 0 Å². The smallest absolute Gasteiger partial charge is 0.310 e. The maximum absolute atomic E-state index is 13.0. The normalized spacial score (nSPS) is 52.8. The molecule has 2 saturated carbocycles. The molecule has 0 aromatic carbocycles. The highest BCUT2D eigenvalue weighted by molar-refractivity contribution is 5.75. The van der Waals surface area contributed by atoms with E-state index in [1.54, 1.807) is 0 Å². The second kappa shape index (κ2) is 6.44. The van der Waals surface area contributed by atoms with Gasteiger partial charge < -0.3 is 14.4 Å². The van der Waals surface area contributed by atoms with Crippen molar-refractivity contribution in [3.63, 3.8) is 0 Å². The lowest BCUT2D eigenvalue weighted by atomic mass is 9.58. The third-order valence-electron chi connectivity index (χ3n) is 8.95. The van der Waals surface area contributed by atoms with Gasteiger partial charge in [0.2, 0.25) is 0 Å². The highest BCUT2D eigenvalue weighted by Crippen LogP contribution is 2.61. The Kier molecular flexibility index (Phi) is 4.45. The highest BCUT2D eigenvalue weighted by Gasteiger charge is 2.67. The minimum Gasteiger partial charge on any atom is -0.461 e. The van der Waals surface area contributed by atoms with E-state index in [1.807, 2.05) is 0 Å². The molecule has 4 nitrogen and oxygen atoms in total. The fourth-order valence-electron chi connectivity index (χ4n) is 7.71. The summed E-state index contributed by atoms with van der Waals surface area (Å²) in [5.74, 6) is 3.08. The van der Waals surface area contributed by atoms with E-state index >= 15 is 0 Å². The van der Waals surface area contributed by atoms with E-state index in [-0.39, 0.29) is 23.6 Å². The van der Waals surface area contributed by atoms with Crippen molar-refractivity contribution in [2.45, 2.75) is 84.5 Å². The molecule has 0 amide bonds. The van der Waals surface area contributed by atoms with Crippen LogP contribution in [0.2, 0.25) is 0 Å². The second-order valence-corrected chi connectivity index (χ2v) is 12.0. The van der Waals surface area contributed by atoms with Crippen LogP contribution in [-0.2, 0) is 14.3 Å². The first-order valence-electron chi connectivity index (χ1n) is 11.8. The molecule has 5 fully saturated rings. The molecule has 0 aromatic rings. The molecule has 0 aromatic heterocycles. The summed E-state index contributed by atoms with van der Waals surface area (Å²) >= 11 is 0. The zero-order valence-electron chi connectivity index (χ0n) is 18.4. The zero-order valence-corrected chi connectivity index (χ0v) is 18.4. The summed E-state index contributed by atoms with van der Waals surface area (Å²) in [6.07, 6.45) is 6.52. The van der Waals surface area contributed by atoms with Crippen LogP contribution in [0.4, 0.5) is 0 Å². The maximum atomic E-state index is 13.0. The van der Waals surface area contributed by atoms with Gasteiger partial charge in [-0.25, -0.2) is 0 Å². The largest absolute Gasteiger partial charge is 0.461 e. The highest BCUT2D eigenvalue weighted by atomic mass is 16.6. The predicted octanol–water partition coefficient (Wildman–Crippen LogP) is 4.13. The molecule has 158 valence electrons.